The Labute approximate surface area is 122 Å². The average molecular weight is 286 g/mol. The molecule has 0 aromatic heterocycles. The van der Waals surface area contributed by atoms with E-state index < -0.39 is 11.7 Å². The molecule has 0 bridgehead atoms. The molecule has 0 aliphatic rings. The van der Waals surface area contributed by atoms with E-state index in [-0.39, 0.29) is 18.0 Å². The van der Waals surface area contributed by atoms with Gasteiger partial charge >= 0.3 is 0 Å². The van der Waals surface area contributed by atoms with Crippen LogP contribution < -0.4 is 10.6 Å². The summed E-state index contributed by atoms with van der Waals surface area (Å²) in [6, 6.07) is 12.9. The van der Waals surface area contributed by atoms with Gasteiger partial charge in [-0.1, -0.05) is 24.3 Å². The molecule has 0 unspecified atom stereocenters. The highest BCUT2D eigenvalue weighted by Gasteiger charge is 2.11. The van der Waals surface area contributed by atoms with Crippen molar-refractivity contribution in [3.05, 3.63) is 65.5 Å². The van der Waals surface area contributed by atoms with Gasteiger partial charge in [-0.3, -0.25) is 9.59 Å². The van der Waals surface area contributed by atoms with Crippen LogP contribution in [0.5, 0.6) is 0 Å². The zero-order chi connectivity index (χ0) is 15.2. The molecule has 2 aromatic rings. The first-order valence-corrected chi connectivity index (χ1v) is 6.45. The Morgan fingerprint density at radius 1 is 1.10 bits per heavy atom. The van der Waals surface area contributed by atoms with Crippen molar-refractivity contribution in [3.8, 4) is 0 Å². The van der Waals surface area contributed by atoms with Gasteiger partial charge in [-0.2, -0.15) is 0 Å². The lowest BCUT2D eigenvalue weighted by Gasteiger charge is -2.08. The first-order valence-electron chi connectivity index (χ1n) is 6.45. The van der Waals surface area contributed by atoms with Crippen LogP contribution in [0, 0.1) is 12.7 Å². The van der Waals surface area contributed by atoms with E-state index in [9.17, 15) is 14.0 Å². The number of halogens is 1. The number of hydrogen-bond acceptors (Lipinski definition) is 2. The normalized spacial score (nSPS) is 10.0. The highest BCUT2D eigenvalue weighted by atomic mass is 19.1. The molecule has 0 radical (unpaired) electrons. The van der Waals surface area contributed by atoms with Gasteiger partial charge in [-0.15, -0.1) is 0 Å². The summed E-state index contributed by atoms with van der Waals surface area (Å²) in [6.45, 7) is 1.69. The summed E-state index contributed by atoms with van der Waals surface area (Å²) < 4.78 is 13.4. The van der Waals surface area contributed by atoms with Gasteiger partial charge in [0.05, 0.1) is 12.1 Å². The molecule has 21 heavy (non-hydrogen) atoms. The van der Waals surface area contributed by atoms with Crippen molar-refractivity contribution in [3.63, 3.8) is 0 Å². The lowest BCUT2D eigenvalue weighted by molar-refractivity contribution is -0.115. The van der Waals surface area contributed by atoms with Crippen molar-refractivity contribution >= 4 is 17.5 Å². The predicted octanol–water partition coefficient (Wildman–Crippen LogP) is 2.50. The van der Waals surface area contributed by atoms with E-state index in [1.165, 1.54) is 18.2 Å². The molecule has 5 heteroatoms. The lowest BCUT2D eigenvalue weighted by atomic mass is 10.2. The van der Waals surface area contributed by atoms with Gasteiger partial charge in [0.1, 0.15) is 5.82 Å². The highest BCUT2D eigenvalue weighted by Crippen LogP contribution is 2.09. The molecule has 0 aliphatic carbocycles. The Hall–Kier alpha value is -2.69. The lowest BCUT2D eigenvalue weighted by Crippen LogP contribution is -2.33. The molecule has 2 rings (SSSR count). The molecule has 0 fully saturated rings. The van der Waals surface area contributed by atoms with Crippen molar-refractivity contribution in [2.24, 2.45) is 0 Å². The van der Waals surface area contributed by atoms with Crippen LogP contribution in [0.1, 0.15) is 15.9 Å². The summed E-state index contributed by atoms with van der Waals surface area (Å²) in [4.78, 5) is 23.5. The van der Waals surface area contributed by atoms with Gasteiger partial charge in [0.25, 0.3) is 5.91 Å². The fraction of sp³-hybridized carbons (Fsp3) is 0.125. The fourth-order valence-corrected chi connectivity index (χ4v) is 1.83. The summed E-state index contributed by atoms with van der Waals surface area (Å²) in [5.41, 5.74) is 1.59. The van der Waals surface area contributed by atoms with Crippen LogP contribution in [0.4, 0.5) is 10.1 Å². The van der Waals surface area contributed by atoms with Gasteiger partial charge < -0.3 is 10.6 Å². The second-order valence-corrected chi connectivity index (χ2v) is 4.58. The summed E-state index contributed by atoms with van der Waals surface area (Å²) in [7, 11) is 0. The SMILES string of the molecule is Cc1cccc(NC(=O)CNC(=O)c2ccccc2F)c1. The van der Waals surface area contributed by atoms with Crippen molar-refractivity contribution in [1.29, 1.82) is 0 Å². The maximum Gasteiger partial charge on any atom is 0.254 e. The summed E-state index contributed by atoms with van der Waals surface area (Å²) in [5, 5.41) is 5.04. The molecule has 2 amide bonds. The summed E-state index contributed by atoms with van der Waals surface area (Å²) in [5.74, 6) is -1.60. The van der Waals surface area contributed by atoms with Crippen LogP contribution in [0.15, 0.2) is 48.5 Å². The van der Waals surface area contributed by atoms with Crippen LogP contribution in [0.3, 0.4) is 0 Å². The molecule has 0 spiro atoms. The summed E-state index contributed by atoms with van der Waals surface area (Å²) >= 11 is 0. The molecule has 0 heterocycles. The van der Waals surface area contributed by atoms with Crippen molar-refractivity contribution in [2.45, 2.75) is 6.92 Å². The second-order valence-electron chi connectivity index (χ2n) is 4.58. The number of anilines is 1. The van der Waals surface area contributed by atoms with Crippen molar-refractivity contribution in [2.75, 3.05) is 11.9 Å². The average Bonchev–Trinajstić information content (AvgIpc) is 2.45. The van der Waals surface area contributed by atoms with Crippen LogP contribution in [-0.4, -0.2) is 18.4 Å². The Bertz CT molecular complexity index is 671. The molecule has 0 atom stereocenters. The Morgan fingerprint density at radius 2 is 1.86 bits per heavy atom. The third-order valence-electron chi connectivity index (χ3n) is 2.83. The minimum Gasteiger partial charge on any atom is -0.343 e. The quantitative estimate of drug-likeness (QED) is 0.907. The Kier molecular flexibility index (Phi) is 4.66. The van der Waals surface area contributed by atoms with E-state index in [0.717, 1.165) is 5.56 Å². The molecule has 0 saturated carbocycles. The second kappa shape index (κ2) is 6.65. The molecule has 2 N–H and O–H groups in total. The smallest absolute Gasteiger partial charge is 0.254 e. The van der Waals surface area contributed by atoms with Crippen molar-refractivity contribution in [1.82, 2.24) is 5.32 Å². The third kappa shape index (κ3) is 4.14. The first kappa shape index (κ1) is 14.7. The summed E-state index contributed by atoms with van der Waals surface area (Å²) in [6.07, 6.45) is 0. The number of hydrogen-bond donors (Lipinski definition) is 2. The molecule has 4 nitrogen and oxygen atoms in total. The standard InChI is InChI=1S/C16H15FN2O2/c1-11-5-4-6-12(9-11)19-15(20)10-18-16(21)13-7-2-3-8-14(13)17/h2-9H,10H2,1H3,(H,18,21)(H,19,20). The van der Waals surface area contributed by atoms with Crippen LogP contribution in [-0.2, 0) is 4.79 Å². The number of amides is 2. The van der Waals surface area contributed by atoms with E-state index >= 15 is 0 Å². The Balaban J connectivity index is 1.90. The number of carbonyl (C=O) groups is 2. The minimum atomic E-state index is -0.618. The molecule has 108 valence electrons. The van der Waals surface area contributed by atoms with Crippen LogP contribution in [0.2, 0.25) is 0 Å². The molecular weight excluding hydrogens is 271 g/mol. The van der Waals surface area contributed by atoms with E-state index in [2.05, 4.69) is 10.6 Å². The number of benzene rings is 2. The topological polar surface area (TPSA) is 58.2 Å². The predicted molar refractivity (Wildman–Crippen MR) is 78.5 cm³/mol. The minimum absolute atomic E-state index is 0.0825. The Morgan fingerprint density at radius 3 is 2.57 bits per heavy atom. The zero-order valence-corrected chi connectivity index (χ0v) is 11.5. The highest BCUT2D eigenvalue weighted by molar-refractivity contribution is 5.99. The van der Waals surface area contributed by atoms with Gasteiger partial charge in [0, 0.05) is 5.69 Å². The fourth-order valence-electron chi connectivity index (χ4n) is 1.83. The van der Waals surface area contributed by atoms with E-state index in [0.29, 0.717) is 5.69 Å². The monoisotopic (exact) mass is 286 g/mol. The maximum atomic E-state index is 13.4. The van der Waals surface area contributed by atoms with Crippen molar-refractivity contribution < 1.29 is 14.0 Å². The zero-order valence-electron chi connectivity index (χ0n) is 11.5. The molecule has 0 aliphatic heterocycles. The molecule has 0 saturated heterocycles. The number of carbonyl (C=O) groups excluding carboxylic acids is 2. The largest absolute Gasteiger partial charge is 0.343 e. The van der Waals surface area contributed by atoms with Gasteiger partial charge in [0.15, 0.2) is 0 Å². The number of nitrogens with one attached hydrogen (secondary N) is 2. The van der Waals surface area contributed by atoms with Gasteiger partial charge in [-0.05, 0) is 36.8 Å². The maximum absolute atomic E-state index is 13.4. The third-order valence-corrected chi connectivity index (χ3v) is 2.83. The van der Waals surface area contributed by atoms with Gasteiger partial charge in [-0.25, -0.2) is 4.39 Å². The van der Waals surface area contributed by atoms with E-state index in [1.807, 2.05) is 25.1 Å². The number of rotatable bonds is 4. The first-order chi connectivity index (χ1) is 10.1. The van der Waals surface area contributed by atoms with Crippen LogP contribution >= 0.6 is 0 Å². The molecule has 2 aromatic carbocycles. The molecular formula is C16H15FN2O2. The van der Waals surface area contributed by atoms with E-state index in [1.54, 1.807) is 12.1 Å². The number of aryl methyl sites for hydroxylation is 1. The van der Waals surface area contributed by atoms with E-state index in [4.69, 9.17) is 0 Å². The van der Waals surface area contributed by atoms with Crippen LogP contribution in [0.25, 0.3) is 0 Å². The van der Waals surface area contributed by atoms with Gasteiger partial charge in [0.2, 0.25) is 5.91 Å².